The van der Waals surface area contributed by atoms with Crippen LogP contribution in [0.3, 0.4) is 0 Å². The lowest BCUT2D eigenvalue weighted by Gasteiger charge is -2.13. The van der Waals surface area contributed by atoms with Crippen molar-refractivity contribution in [2.75, 3.05) is 7.05 Å². The van der Waals surface area contributed by atoms with Crippen molar-refractivity contribution >= 4 is 15.9 Å². The van der Waals surface area contributed by atoms with Crippen LogP contribution in [-0.2, 0) is 0 Å². The summed E-state index contributed by atoms with van der Waals surface area (Å²) in [4.78, 5) is 4.35. The van der Waals surface area contributed by atoms with Gasteiger partial charge in [-0.3, -0.25) is 4.98 Å². The number of hydrogen-bond acceptors (Lipinski definition) is 2. The molecule has 0 aromatic carbocycles. The van der Waals surface area contributed by atoms with Crippen LogP contribution in [0.1, 0.15) is 25.6 Å². The number of halogens is 1. The van der Waals surface area contributed by atoms with E-state index in [1.807, 2.05) is 25.4 Å². The lowest BCUT2D eigenvalue weighted by molar-refractivity contribution is 0.684. The Hall–Kier alpha value is -0.670. The van der Waals surface area contributed by atoms with Gasteiger partial charge in [0.1, 0.15) is 0 Å². The van der Waals surface area contributed by atoms with Crippen LogP contribution < -0.4 is 5.32 Å². The highest BCUT2D eigenvalue weighted by Crippen LogP contribution is 2.22. The molecule has 14 heavy (non-hydrogen) atoms. The molecular weight excluding hydrogens is 240 g/mol. The standard InChI is InChI=1S/C11H15BrN2/c1-8(2)7-10(13-3)11-9(12)5-4-6-14-11/h4-7,10,13H,1-3H3. The van der Waals surface area contributed by atoms with Crippen molar-refractivity contribution < 1.29 is 0 Å². The second-order valence-corrected chi connectivity index (χ2v) is 4.24. The minimum Gasteiger partial charge on any atom is -0.308 e. The first-order valence-electron chi connectivity index (χ1n) is 4.58. The number of pyridine rings is 1. The van der Waals surface area contributed by atoms with Gasteiger partial charge in [-0.05, 0) is 49.0 Å². The molecule has 76 valence electrons. The fourth-order valence-corrected chi connectivity index (χ4v) is 1.76. The molecule has 1 atom stereocenters. The van der Waals surface area contributed by atoms with Gasteiger partial charge in [-0.1, -0.05) is 11.6 Å². The van der Waals surface area contributed by atoms with Crippen LogP contribution in [0.4, 0.5) is 0 Å². The van der Waals surface area contributed by atoms with Crippen molar-refractivity contribution in [3.05, 3.63) is 40.1 Å². The molecule has 0 fully saturated rings. The van der Waals surface area contributed by atoms with E-state index in [9.17, 15) is 0 Å². The molecule has 1 unspecified atom stereocenters. The number of nitrogens with one attached hydrogen (secondary N) is 1. The summed E-state index contributed by atoms with van der Waals surface area (Å²) in [5, 5.41) is 3.22. The van der Waals surface area contributed by atoms with Gasteiger partial charge in [0.2, 0.25) is 0 Å². The number of rotatable bonds is 3. The highest BCUT2D eigenvalue weighted by atomic mass is 79.9. The lowest BCUT2D eigenvalue weighted by Crippen LogP contribution is -2.16. The Kier molecular flexibility index (Phi) is 4.29. The summed E-state index contributed by atoms with van der Waals surface area (Å²) >= 11 is 3.50. The van der Waals surface area contributed by atoms with E-state index < -0.39 is 0 Å². The first-order chi connectivity index (χ1) is 6.65. The van der Waals surface area contributed by atoms with E-state index in [2.05, 4.69) is 46.2 Å². The van der Waals surface area contributed by atoms with Gasteiger partial charge in [-0.25, -0.2) is 0 Å². The van der Waals surface area contributed by atoms with Gasteiger partial charge >= 0.3 is 0 Å². The molecule has 1 aromatic heterocycles. The Morgan fingerprint density at radius 2 is 2.29 bits per heavy atom. The van der Waals surface area contributed by atoms with Gasteiger partial charge < -0.3 is 5.32 Å². The van der Waals surface area contributed by atoms with Gasteiger partial charge in [0.15, 0.2) is 0 Å². The molecule has 1 aromatic rings. The van der Waals surface area contributed by atoms with Gasteiger partial charge in [0.25, 0.3) is 0 Å². The van der Waals surface area contributed by atoms with Crippen LogP contribution in [0.5, 0.6) is 0 Å². The third kappa shape index (κ3) is 2.93. The molecule has 0 aliphatic heterocycles. The first-order valence-corrected chi connectivity index (χ1v) is 5.37. The smallest absolute Gasteiger partial charge is 0.0754 e. The van der Waals surface area contributed by atoms with E-state index in [-0.39, 0.29) is 6.04 Å². The average molecular weight is 255 g/mol. The summed E-state index contributed by atoms with van der Waals surface area (Å²) in [5.41, 5.74) is 2.30. The van der Waals surface area contributed by atoms with Gasteiger partial charge in [-0.15, -0.1) is 0 Å². The summed E-state index contributed by atoms with van der Waals surface area (Å²) < 4.78 is 1.04. The van der Waals surface area contributed by atoms with Gasteiger partial charge in [0, 0.05) is 10.7 Å². The SMILES string of the molecule is CNC(C=C(C)C)c1ncccc1Br. The predicted octanol–water partition coefficient (Wildman–Crippen LogP) is 3.07. The Morgan fingerprint density at radius 1 is 1.57 bits per heavy atom. The maximum Gasteiger partial charge on any atom is 0.0754 e. The minimum atomic E-state index is 0.176. The highest BCUT2D eigenvalue weighted by molar-refractivity contribution is 9.10. The Bertz CT molecular complexity index is 330. The molecular formula is C11H15BrN2. The summed E-state index contributed by atoms with van der Waals surface area (Å²) in [5.74, 6) is 0. The normalized spacial score (nSPS) is 12.3. The van der Waals surface area contributed by atoms with E-state index in [1.54, 1.807) is 0 Å². The molecule has 2 nitrogen and oxygen atoms in total. The molecule has 0 saturated heterocycles. The largest absolute Gasteiger partial charge is 0.308 e. The fourth-order valence-electron chi connectivity index (χ4n) is 1.26. The van der Waals surface area contributed by atoms with Crippen LogP contribution in [0, 0.1) is 0 Å². The maximum atomic E-state index is 4.35. The molecule has 3 heteroatoms. The van der Waals surface area contributed by atoms with E-state index in [4.69, 9.17) is 0 Å². The fraction of sp³-hybridized carbons (Fsp3) is 0.364. The third-order valence-electron chi connectivity index (χ3n) is 1.89. The zero-order chi connectivity index (χ0) is 10.6. The Balaban J connectivity index is 3.01. The van der Waals surface area contributed by atoms with Gasteiger partial charge in [-0.2, -0.15) is 0 Å². The summed E-state index contributed by atoms with van der Waals surface area (Å²) in [6.45, 7) is 4.17. The Labute approximate surface area is 93.6 Å². The topological polar surface area (TPSA) is 24.9 Å². The number of likely N-dealkylation sites (N-methyl/N-ethyl adjacent to an activating group) is 1. The predicted molar refractivity (Wildman–Crippen MR) is 63.2 cm³/mol. The molecule has 0 amide bonds. The second kappa shape index (κ2) is 5.27. The van der Waals surface area contributed by atoms with Crippen molar-refractivity contribution in [2.45, 2.75) is 19.9 Å². The van der Waals surface area contributed by atoms with E-state index >= 15 is 0 Å². The zero-order valence-corrected chi connectivity index (χ0v) is 10.3. The summed E-state index contributed by atoms with van der Waals surface area (Å²) in [6, 6.07) is 4.10. The lowest BCUT2D eigenvalue weighted by atomic mass is 10.1. The molecule has 0 aliphatic carbocycles. The van der Waals surface area contributed by atoms with E-state index in [0.717, 1.165) is 10.2 Å². The zero-order valence-electron chi connectivity index (χ0n) is 8.71. The van der Waals surface area contributed by atoms with Crippen molar-refractivity contribution in [1.82, 2.24) is 10.3 Å². The third-order valence-corrected chi connectivity index (χ3v) is 2.56. The molecule has 0 spiro atoms. The van der Waals surface area contributed by atoms with Crippen molar-refractivity contribution in [1.29, 1.82) is 0 Å². The van der Waals surface area contributed by atoms with Crippen LogP contribution in [0.15, 0.2) is 34.5 Å². The summed E-state index contributed by atoms with van der Waals surface area (Å²) in [6.07, 6.45) is 3.97. The second-order valence-electron chi connectivity index (χ2n) is 3.38. The molecule has 0 aliphatic rings. The summed E-state index contributed by atoms with van der Waals surface area (Å²) in [7, 11) is 1.94. The van der Waals surface area contributed by atoms with Crippen LogP contribution in [-0.4, -0.2) is 12.0 Å². The van der Waals surface area contributed by atoms with Crippen LogP contribution in [0.2, 0.25) is 0 Å². The van der Waals surface area contributed by atoms with E-state index in [1.165, 1.54) is 5.57 Å². The number of hydrogen-bond donors (Lipinski definition) is 1. The van der Waals surface area contributed by atoms with Crippen molar-refractivity contribution in [2.24, 2.45) is 0 Å². The average Bonchev–Trinajstić information content (AvgIpc) is 2.15. The van der Waals surface area contributed by atoms with Gasteiger partial charge in [0.05, 0.1) is 11.7 Å². The number of nitrogens with zero attached hydrogens (tertiary/aromatic N) is 1. The van der Waals surface area contributed by atoms with E-state index in [0.29, 0.717) is 0 Å². The number of allylic oxidation sites excluding steroid dienone is 1. The number of aromatic nitrogens is 1. The Morgan fingerprint density at radius 3 is 2.79 bits per heavy atom. The maximum absolute atomic E-state index is 4.35. The quantitative estimate of drug-likeness (QED) is 0.839. The molecule has 0 radical (unpaired) electrons. The monoisotopic (exact) mass is 254 g/mol. The molecule has 0 saturated carbocycles. The molecule has 1 heterocycles. The minimum absolute atomic E-state index is 0.176. The van der Waals surface area contributed by atoms with Crippen LogP contribution in [0.25, 0.3) is 0 Å². The molecule has 0 bridgehead atoms. The first kappa shape index (κ1) is 11.4. The van der Waals surface area contributed by atoms with Crippen molar-refractivity contribution in [3.8, 4) is 0 Å². The highest BCUT2D eigenvalue weighted by Gasteiger charge is 2.10. The molecule has 1 N–H and O–H groups in total. The molecule has 1 rings (SSSR count). The van der Waals surface area contributed by atoms with Crippen molar-refractivity contribution in [3.63, 3.8) is 0 Å². The van der Waals surface area contributed by atoms with Crippen LogP contribution >= 0.6 is 15.9 Å².